The summed E-state index contributed by atoms with van der Waals surface area (Å²) in [5.41, 5.74) is 6.60. The van der Waals surface area contributed by atoms with E-state index in [0.717, 1.165) is 17.3 Å². The van der Waals surface area contributed by atoms with Crippen LogP contribution in [0.2, 0.25) is 0 Å². The molecule has 0 amide bonds. The van der Waals surface area contributed by atoms with Gasteiger partial charge in [-0.3, -0.25) is 4.98 Å². The molecule has 1 fully saturated rings. The van der Waals surface area contributed by atoms with Gasteiger partial charge in [0.05, 0.1) is 5.41 Å². The largest absolute Gasteiger partial charge is 0.338 e. The van der Waals surface area contributed by atoms with Gasteiger partial charge in [-0.1, -0.05) is 30.8 Å². The normalized spacial score (nSPS) is 18.4. The van der Waals surface area contributed by atoms with Gasteiger partial charge in [-0.15, -0.1) is 0 Å². The van der Waals surface area contributed by atoms with E-state index in [1.54, 1.807) is 6.20 Å². The first-order valence-electron chi connectivity index (χ1n) is 7.40. The van der Waals surface area contributed by atoms with Gasteiger partial charge in [0.1, 0.15) is 5.69 Å². The zero-order valence-electron chi connectivity index (χ0n) is 11.9. The van der Waals surface area contributed by atoms with Crippen molar-refractivity contribution in [2.45, 2.75) is 43.9 Å². The molecule has 5 nitrogen and oxygen atoms in total. The lowest BCUT2D eigenvalue weighted by Gasteiger charge is -2.26. The van der Waals surface area contributed by atoms with Crippen LogP contribution in [0.25, 0.3) is 11.5 Å². The minimum Gasteiger partial charge on any atom is -0.338 e. The first kappa shape index (κ1) is 14.7. The van der Waals surface area contributed by atoms with Crippen molar-refractivity contribution in [1.29, 1.82) is 0 Å². The summed E-state index contributed by atoms with van der Waals surface area (Å²) < 4.78 is 6.42. The molecule has 1 aliphatic rings. The zero-order chi connectivity index (χ0) is 14.7. The van der Waals surface area contributed by atoms with Crippen LogP contribution >= 0.6 is 15.9 Å². The Balaban J connectivity index is 1.95. The lowest BCUT2D eigenvalue weighted by atomic mass is 9.80. The standard InChI is InChI=1S/C15H19BrN4O/c16-11-6-5-9-18-12(11)13-19-14(21-20-13)15(10-17)7-3-1-2-4-8-15/h5-6,9H,1-4,7-8,10,17H2. The third kappa shape index (κ3) is 2.87. The molecule has 0 radical (unpaired) electrons. The summed E-state index contributed by atoms with van der Waals surface area (Å²) in [7, 11) is 0. The van der Waals surface area contributed by atoms with Crippen LogP contribution in [0.5, 0.6) is 0 Å². The minimum atomic E-state index is -0.164. The Morgan fingerprint density at radius 1 is 1.24 bits per heavy atom. The highest BCUT2D eigenvalue weighted by atomic mass is 79.9. The van der Waals surface area contributed by atoms with E-state index in [1.165, 1.54) is 25.7 Å². The lowest BCUT2D eigenvalue weighted by Crippen LogP contribution is -2.35. The predicted molar refractivity (Wildman–Crippen MR) is 83.7 cm³/mol. The highest BCUT2D eigenvalue weighted by molar-refractivity contribution is 9.10. The molecule has 0 atom stereocenters. The van der Waals surface area contributed by atoms with Crippen molar-refractivity contribution >= 4 is 15.9 Å². The maximum Gasteiger partial charge on any atom is 0.234 e. The van der Waals surface area contributed by atoms with E-state index in [9.17, 15) is 0 Å². The van der Waals surface area contributed by atoms with Crippen molar-refractivity contribution in [1.82, 2.24) is 15.1 Å². The quantitative estimate of drug-likeness (QED) is 0.857. The highest BCUT2D eigenvalue weighted by Crippen LogP contribution is 2.37. The molecule has 0 unspecified atom stereocenters. The van der Waals surface area contributed by atoms with Gasteiger partial charge in [0.15, 0.2) is 0 Å². The van der Waals surface area contributed by atoms with Crippen LogP contribution in [0.4, 0.5) is 0 Å². The molecule has 0 bridgehead atoms. The SMILES string of the molecule is NCC1(c2nc(-c3ncccc3Br)no2)CCCCCC1. The Morgan fingerprint density at radius 3 is 2.67 bits per heavy atom. The molecular weight excluding hydrogens is 332 g/mol. The number of aromatic nitrogens is 3. The molecule has 1 saturated carbocycles. The van der Waals surface area contributed by atoms with Crippen LogP contribution in [0.1, 0.15) is 44.4 Å². The van der Waals surface area contributed by atoms with Crippen LogP contribution < -0.4 is 5.73 Å². The zero-order valence-corrected chi connectivity index (χ0v) is 13.5. The third-order valence-corrected chi connectivity index (χ3v) is 4.94. The fourth-order valence-electron chi connectivity index (χ4n) is 3.00. The Kier molecular flexibility index (Phi) is 4.35. The van der Waals surface area contributed by atoms with Crippen molar-refractivity contribution in [3.05, 3.63) is 28.7 Å². The summed E-state index contributed by atoms with van der Waals surface area (Å²) in [6.07, 6.45) is 8.62. The maximum atomic E-state index is 6.06. The molecular formula is C15H19BrN4O. The van der Waals surface area contributed by atoms with Gasteiger partial charge in [-0.2, -0.15) is 4.98 Å². The average molecular weight is 351 g/mol. The number of rotatable bonds is 3. The van der Waals surface area contributed by atoms with Gasteiger partial charge in [-0.05, 0) is 40.9 Å². The van der Waals surface area contributed by atoms with E-state index in [4.69, 9.17) is 10.3 Å². The second kappa shape index (κ2) is 6.23. The summed E-state index contributed by atoms with van der Waals surface area (Å²) in [4.78, 5) is 8.91. The number of nitrogens with zero attached hydrogens (tertiary/aromatic N) is 3. The molecule has 2 heterocycles. The lowest BCUT2D eigenvalue weighted by molar-refractivity contribution is 0.257. The molecule has 2 aromatic rings. The molecule has 0 spiro atoms. The van der Waals surface area contributed by atoms with Crippen molar-refractivity contribution in [2.24, 2.45) is 5.73 Å². The van der Waals surface area contributed by atoms with Gasteiger partial charge >= 0.3 is 0 Å². The molecule has 0 saturated heterocycles. The van der Waals surface area contributed by atoms with E-state index >= 15 is 0 Å². The molecule has 0 aliphatic heterocycles. The van der Waals surface area contributed by atoms with Crippen LogP contribution in [-0.2, 0) is 5.41 Å². The summed E-state index contributed by atoms with van der Waals surface area (Å²) >= 11 is 3.47. The van der Waals surface area contributed by atoms with Crippen molar-refractivity contribution in [2.75, 3.05) is 6.54 Å². The predicted octanol–water partition coefficient (Wildman–Crippen LogP) is 3.44. The smallest absolute Gasteiger partial charge is 0.234 e. The van der Waals surface area contributed by atoms with Crippen molar-refractivity contribution in [3.63, 3.8) is 0 Å². The summed E-state index contributed by atoms with van der Waals surface area (Å²) in [5, 5.41) is 4.11. The van der Waals surface area contributed by atoms with E-state index in [0.29, 0.717) is 24.0 Å². The first-order chi connectivity index (χ1) is 10.2. The molecule has 2 aromatic heterocycles. The third-order valence-electron chi connectivity index (χ3n) is 4.30. The molecule has 0 aromatic carbocycles. The second-order valence-electron chi connectivity index (χ2n) is 5.66. The topological polar surface area (TPSA) is 77.8 Å². The van der Waals surface area contributed by atoms with Crippen molar-refractivity contribution < 1.29 is 4.52 Å². The Labute approximate surface area is 132 Å². The number of hydrogen-bond acceptors (Lipinski definition) is 5. The van der Waals surface area contributed by atoms with Crippen LogP contribution in [-0.4, -0.2) is 21.7 Å². The van der Waals surface area contributed by atoms with Crippen molar-refractivity contribution in [3.8, 4) is 11.5 Å². The second-order valence-corrected chi connectivity index (χ2v) is 6.51. The fraction of sp³-hybridized carbons (Fsp3) is 0.533. The maximum absolute atomic E-state index is 6.06. The van der Waals surface area contributed by atoms with Crippen LogP contribution in [0, 0.1) is 0 Å². The van der Waals surface area contributed by atoms with Gasteiger partial charge in [0, 0.05) is 17.2 Å². The summed E-state index contributed by atoms with van der Waals surface area (Å²) in [6.45, 7) is 0.554. The number of nitrogens with two attached hydrogens (primary N) is 1. The summed E-state index contributed by atoms with van der Waals surface area (Å²) in [5.74, 6) is 1.19. The minimum absolute atomic E-state index is 0.164. The number of hydrogen-bond donors (Lipinski definition) is 1. The van der Waals surface area contributed by atoms with Gasteiger partial charge < -0.3 is 10.3 Å². The number of halogens is 1. The highest BCUT2D eigenvalue weighted by Gasteiger charge is 2.37. The molecule has 21 heavy (non-hydrogen) atoms. The molecule has 112 valence electrons. The van der Waals surface area contributed by atoms with Crippen LogP contribution in [0.15, 0.2) is 27.3 Å². The Bertz CT molecular complexity index is 605. The van der Waals surface area contributed by atoms with E-state index in [1.807, 2.05) is 12.1 Å². The first-order valence-corrected chi connectivity index (χ1v) is 8.20. The molecule has 6 heteroatoms. The molecule has 1 aliphatic carbocycles. The molecule has 3 rings (SSSR count). The number of pyridine rings is 1. The monoisotopic (exact) mass is 350 g/mol. The van der Waals surface area contributed by atoms with Gasteiger partial charge in [0.2, 0.25) is 11.7 Å². The Hall–Kier alpha value is -1.27. The van der Waals surface area contributed by atoms with E-state index in [-0.39, 0.29) is 5.41 Å². The van der Waals surface area contributed by atoms with E-state index < -0.39 is 0 Å². The summed E-state index contributed by atoms with van der Waals surface area (Å²) in [6, 6.07) is 3.78. The fourth-order valence-corrected chi connectivity index (χ4v) is 3.43. The van der Waals surface area contributed by atoms with E-state index in [2.05, 4.69) is 31.1 Å². The van der Waals surface area contributed by atoms with Gasteiger partial charge in [-0.25, -0.2) is 0 Å². The average Bonchev–Trinajstić information content (AvgIpc) is 2.87. The van der Waals surface area contributed by atoms with Gasteiger partial charge in [0.25, 0.3) is 0 Å². The Morgan fingerprint density at radius 2 is 2.00 bits per heavy atom. The van der Waals surface area contributed by atoms with Crippen LogP contribution in [0.3, 0.4) is 0 Å². The molecule has 2 N–H and O–H groups in total.